The molecule has 0 aliphatic carbocycles. The first-order valence-corrected chi connectivity index (χ1v) is 1.07. The van der Waals surface area contributed by atoms with E-state index in [2.05, 4.69) is 0 Å². The van der Waals surface area contributed by atoms with Crippen molar-refractivity contribution in [3.63, 3.8) is 0 Å². The van der Waals surface area contributed by atoms with Crippen molar-refractivity contribution in [3.8, 4) is 0 Å². The van der Waals surface area contributed by atoms with E-state index in [9.17, 15) is 0 Å². The van der Waals surface area contributed by atoms with E-state index in [1.807, 2.05) is 0 Å². The van der Waals surface area contributed by atoms with Crippen molar-refractivity contribution in [1.29, 1.82) is 0 Å². The van der Waals surface area contributed by atoms with Gasteiger partial charge in [0.05, 0.1) is 11.9 Å². The topological polar surface area (TPSA) is 80.3 Å². The third kappa shape index (κ3) is 9.41. The second-order valence-corrected chi connectivity index (χ2v) is 0.575. The summed E-state index contributed by atoms with van der Waals surface area (Å²) in [5.74, 6) is -4.37. The zero-order valence-corrected chi connectivity index (χ0v) is 5.19. The Morgan fingerprint density at radius 1 is 1.00 bits per heavy atom. The number of rotatable bonds is 0. The molecule has 2 radical (unpaired) electrons. The summed E-state index contributed by atoms with van der Waals surface area (Å²) < 4.78 is 0. The van der Waals surface area contributed by atoms with Crippen molar-refractivity contribution in [3.05, 3.63) is 0 Å². The van der Waals surface area contributed by atoms with E-state index < -0.39 is 11.9 Å². The normalized spacial score (nSPS) is 5.50. The number of aliphatic carboxylic acids is 2. The maximum absolute atomic E-state index is 8.93. The van der Waals surface area contributed by atoms with Gasteiger partial charge >= 0.3 is 17.1 Å². The molecule has 0 amide bonds. The van der Waals surface area contributed by atoms with Crippen molar-refractivity contribution in [1.82, 2.24) is 0 Å². The molecular formula is C2LiMnO4. The molecule has 0 rings (SSSR count). The number of hydrogen-bond acceptors (Lipinski definition) is 4. The minimum absolute atomic E-state index is 0. The maximum Gasteiger partial charge on any atom is 2.00 e. The number of carboxylic acids is 2. The standard InChI is InChI=1S/C2H2O4.Li.Mn/c3-1(4)2(5)6;;/h(H,3,4)(H,5,6);;/q;;+2/p-2. The van der Waals surface area contributed by atoms with Crippen LogP contribution >= 0.6 is 0 Å². The third-order valence-corrected chi connectivity index (χ3v) is 0.167. The van der Waals surface area contributed by atoms with Gasteiger partial charge in [0.2, 0.25) is 0 Å². The van der Waals surface area contributed by atoms with Gasteiger partial charge in [-0.1, -0.05) is 0 Å². The molecule has 0 bridgehead atoms. The zero-order chi connectivity index (χ0) is 5.15. The zero-order valence-electron chi connectivity index (χ0n) is 4.01. The molecule has 0 spiro atoms. The third-order valence-electron chi connectivity index (χ3n) is 0.167. The molecule has 0 aliphatic rings. The van der Waals surface area contributed by atoms with Gasteiger partial charge in [0, 0.05) is 18.9 Å². The number of carbonyl (C=O) groups is 2. The quantitative estimate of drug-likeness (QED) is 0.261. The fraction of sp³-hybridized carbons (Fsp3) is 0. The average Bonchev–Trinajstić information content (AvgIpc) is 1.36. The van der Waals surface area contributed by atoms with Gasteiger partial charge in [-0.25, -0.2) is 0 Å². The van der Waals surface area contributed by atoms with Crippen LogP contribution in [0.25, 0.3) is 0 Å². The Balaban J connectivity index is -0.000000125. The maximum atomic E-state index is 8.93. The SMILES string of the molecule is O=C([O-])C(=O)[O-].[Li].[Mn+2]. The Labute approximate surface area is 67.9 Å². The van der Waals surface area contributed by atoms with Gasteiger partial charge in [-0.05, 0) is 0 Å². The molecule has 0 heterocycles. The summed E-state index contributed by atoms with van der Waals surface area (Å²) in [4.78, 5) is 17.9. The molecule has 0 aromatic carbocycles. The molecule has 4 nitrogen and oxygen atoms in total. The largest absolute Gasteiger partial charge is 2.00 e. The monoisotopic (exact) mass is 150 g/mol. The minimum atomic E-state index is -2.19. The molecule has 0 fully saturated rings. The Bertz CT molecular complexity index is 80.0. The fourth-order valence-electron chi connectivity index (χ4n) is 0. The Morgan fingerprint density at radius 3 is 1.12 bits per heavy atom. The van der Waals surface area contributed by atoms with Gasteiger partial charge in [0.15, 0.2) is 0 Å². The predicted molar refractivity (Wildman–Crippen MR) is 15.8 cm³/mol. The van der Waals surface area contributed by atoms with Gasteiger partial charge < -0.3 is 19.8 Å². The number of hydrogen-bond donors (Lipinski definition) is 0. The smallest absolute Gasteiger partial charge is 0.543 e. The predicted octanol–water partition coefficient (Wildman–Crippen LogP) is -3.90. The van der Waals surface area contributed by atoms with E-state index in [1.54, 1.807) is 0 Å². The molecule has 6 heteroatoms. The van der Waals surface area contributed by atoms with Crippen molar-refractivity contribution < 1.29 is 36.9 Å². The van der Waals surface area contributed by atoms with Gasteiger partial charge in [-0.3, -0.25) is 0 Å². The van der Waals surface area contributed by atoms with E-state index in [4.69, 9.17) is 19.8 Å². The van der Waals surface area contributed by atoms with Gasteiger partial charge in [-0.2, -0.15) is 0 Å². The Kier molecular flexibility index (Phi) is 13.8. The van der Waals surface area contributed by atoms with Crippen molar-refractivity contribution in [2.75, 3.05) is 0 Å². The first kappa shape index (κ1) is 15.7. The van der Waals surface area contributed by atoms with Gasteiger partial charge in [-0.15, -0.1) is 0 Å². The van der Waals surface area contributed by atoms with Crippen LogP contribution < -0.4 is 10.2 Å². The van der Waals surface area contributed by atoms with Crippen molar-refractivity contribution >= 4 is 30.8 Å². The van der Waals surface area contributed by atoms with Crippen LogP contribution in [0.2, 0.25) is 0 Å². The first-order valence-electron chi connectivity index (χ1n) is 1.07. The van der Waals surface area contributed by atoms with Crippen LogP contribution in [-0.2, 0) is 26.7 Å². The Morgan fingerprint density at radius 2 is 1.12 bits per heavy atom. The molecule has 0 saturated heterocycles. The fourth-order valence-corrected chi connectivity index (χ4v) is 0. The summed E-state index contributed by atoms with van der Waals surface area (Å²) in [6, 6.07) is 0. The molecule has 0 aromatic heterocycles. The average molecular weight is 150 g/mol. The summed E-state index contributed by atoms with van der Waals surface area (Å²) in [5.41, 5.74) is 0. The van der Waals surface area contributed by atoms with Crippen LogP contribution in [0.1, 0.15) is 0 Å². The van der Waals surface area contributed by atoms with Crippen molar-refractivity contribution in [2.24, 2.45) is 0 Å². The van der Waals surface area contributed by atoms with Crippen LogP contribution in [0.5, 0.6) is 0 Å². The molecule has 0 N–H and O–H groups in total. The van der Waals surface area contributed by atoms with Crippen molar-refractivity contribution in [2.45, 2.75) is 0 Å². The molecule has 0 unspecified atom stereocenters. The van der Waals surface area contributed by atoms with Crippen LogP contribution in [0.3, 0.4) is 0 Å². The summed E-state index contributed by atoms with van der Waals surface area (Å²) in [6.45, 7) is 0. The molecule has 0 aromatic rings. The first-order chi connectivity index (χ1) is 2.64. The molecule has 8 heavy (non-hydrogen) atoms. The molecule has 0 atom stereocenters. The second kappa shape index (κ2) is 7.06. The molecular weight excluding hydrogens is 150 g/mol. The van der Waals surface area contributed by atoms with Crippen LogP contribution in [0.15, 0.2) is 0 Å². The summed E-state index contributed by atoms with van der Waals surface area (Å²) in [5, 5.41) is 17.9. The number of carbonyl (C=O) groups excluding carboxylic acids is 2. The summed E-state index contributed by atoms with van der Waals surface area (Å²) in [7, 11) is 0. The molecule has 0 saturated carbocycles. The van der Waals surface area contributed by atoms with Crippen LogP contribution in [0.4, 0.5) is 0 Å². The van der Waals surface area contributed by atoms with E-state index in [1.165, 1.54) is 0 Å². The van der Waals surface area contributed by atoms with E-state index >= 15 is 0 Å². The second-order valence-electron chi connectivity index (χ2n) is 0.575. The van der Waals surface area contributed by atoms with E-state index in [0.29, 0.717) is 0 Å². The van der Waals surface area contributed by atoms with Gasteiger partial charge in [0.1, 0.15) is 0 Å². The van der Waals surface area contributed by atoms with E-state index in [-0.39, 0.29) is 35.9 Å². The van der Waals surface area contributed by atoms with Crippen LogP contribution in [-0.4, -0.2) is 30.8 Å². The molecule has 0 aliphatic heterocycles. The summed E-state index contributed by atoms with van der Waals surface area (Å²) >= 11 is 0. The minimum Gasteiger partial charge on any atom is -0.543 e. The van der Waals surface area contributed by atoms with Crippen LogP contribution in [0, 0.1) is 0 Å². The van der Waals surface area contributed by atoms with Gasteiger partial charge in [0.25, 0.3) is 0 Å². The molecule has 40 valence electrons. The van der Waals surface area contributed by atoms with E-state index in [0.717, 1.165) is 0 Å². The summed E-state index contributed by atoms with van der Waals surface area (Å²) in [6.07, 6.45) is 0. The Hall–Kier alpha value is 0.0569. The number of carboxylic acid groups (broad SMARTS) is 2.